The number of nitrogens with one attached hydrogen (secondary N) is 1. The first-order chi connectivity index (χ1) is 7.81. The van der Waals surface area contributed by atoms with Crippen LogP contribution in [-0.2, 0) is 4.79 Å². The third-order valence-corrected chi connectivity index (χ3v) is 3.35. The van der Waals surface area contributed by atoms with Crippen molar-refractivity contribution >= 4 is 5.91 Å². The predicted octanol–water partition coefficient (Wildman–Crippen LogP) is 1.90. The molecule has 1 atom stereocenters. The maximum Gasteiger partial charge on any atom is 0.223 e. The number of allylic oxidation sites excluding steroid dienone is 1. The maximum atomic E-state index is 12.2. The number of amides is 1. The van der Waals surface area contributed by atoms with Gasteiger partial charge in [-0.3, -0.25) is 4.79 Å². The zero-order valence-electron chi connectivity index (χ0n) is 10.1. The lowest BCUT2D eigenvalue weighted by Gasteiger charge is -2.25. The summed E-state index contributed by atoms with van der Waals surface area (Å²) in [6.07, 6.45) is 9.39. The van der Waals surface area contributed by atoms with Crippen LogP contribution in [0.2, 0.25) is 0 Å². The minimum absolute atomic E-state index is 0.367. The molecule has 90 valence electrons. The molecule has 0 saturated heterocycles. The smallest absolute Gasteiger partial charge is 0.223 e. The molecule has 16 heavy (non-hydrogen) atoms. The molecule has 0 spiro atoms. The predicted molar refractivity (Wildman–Crippen MR) is 64.9 cm³/mol. The van der Waals surface area contributed by atoms with Crippen molar-refractivity contribution in [2.45, 2.75) is 45.1 Å². The Morgan fingerprint density at radius 1 is 1.50 bits per heavy atom. The molecule has 0 bridgehead atoms. The highest BCUT2D eigenvalue weighted by Gasteiger charge is 2.32. The van der Waals surface area contributed by atoms with E-state index in [1.54, 1.807) is 0 Å². The Labute approximate surface area is 97.9 Å². The molecular formula is C13H22N2O. The van der Waals surface area contributed by atoms with Gasteiger partial charge in [-0.1, -0.05) is 13.0 Å². The van der Waals surface area contributed by atoms with Crippen molar-refractivity contribution < 1.29 is 4.79 Å². The molecular weight excluding hydrogens is 200 g/mol. The van der Waals surface area contributed by atoms with Crippen LogP contribution < -0.4 is 5.32 Å². The molecule has 3 heteroatoms. The van der Waals surface area contributed by atoms with Crippen molar-refractivity contribution in [1.82, 2.24) is 10.2 Å². The van der Waals surface area contributed by atoms with Crippen molar-refractivity contribution in [3.63, 3.8) is 0 Å². The van der Waals surface area contributed by atoms with Gasteiger partial charge in [0, 0.05) is 25.6 Å². The summed E-state index contributed by atoms with van der Waals surface area (Å²) >= 11 is 0. The van der Waals surface area contributed by atoms with Crippen LogP contribution in [0.25, 0.3) is 0 Å². The van der Waals surface area contributed by atoms with Crippen molar-refractivity contribution in [2.24, 2.45) is 5.92 Å². The standard InChI is InChI=1S/C13H22N2O/c1-2-8-15(12-5-6-12)13(16)9-11-4-3-7-14-10-11/h3,7,11-12,14H,2,4-6,8-10H2,1H3. The number of carbonyl (C=O) groups excluding carboxylic acids is 1. The van der Waals surface area contributed by atoms with Crippen LogP contribution in [0.15, 0.2) is 12.3 Å². The molecule has 0 aromatic carbocycles. The summed E-state index contributed by atoms with van der Waals surface area (Å²) < 4.78 is 0. The second kappa shape index (κ2) is 5.37. The Hall–Kier alpha value is -0.990. The van der Waals surface area contributed by atoms with Gasteiger partial charge in [0.2, 0.25) is 5.91 Å². The second-order valence-corrected chi connectivity index (χ2v) is 4.93. The van der Waals surface area contributed by atoms with Gasteiger partial charge in [0.1, 0.15) is 0 Å². The summed E-state index contributed by atoms with van der Waals surface area (Å²) in [6, 6.07) is 0.569. The normalized spacial score (nSPS) is 23.9. The first-order valence-corrected chi connectivity index (χ1v) is 6.49. The van der Waals surface area contributed by atoms with Crippen molar-refractivity contribution in [3.05, 3.63) is 12.3 Å². The minimum atomic E-state index is 0.367. The highest BCUT2D eigenvalue weighted by atomic mass is 16.2. The van der Waals surface area contributed by atoms with E-state index in [1.807, 2.05) is 6.20 Å². The highest BCUT2D eigenvalue weighted by Crippen LogP contribution is 2.28. The van der Waals surface area contributed by atoms with Crippen LogP contribution in [0.3, 0.4) is 0 Å². The molecule has 1 heterocycles. The molecule has 1 N–H and O–H groups in total. The van der Waals surface area contributed by atoms with Crippen LogP contribution in [-0.4, -0.2) is 29.9 Å². The summed E-state index contributed by atoms with van der Waals surface area (Å²) in [4.78, 5) is 14.3. The fourth-order valence-electron chi connectivity index (χ4n) is 2.32. The Bertz CT molecular complexity index is 271. The van der Waals surface area contributed by atoms with Gasteiger partial charge in [-0.15, -0.1) is 0 Å². The summed E-state index contributed by atoms with van der Waals surface area (Å²) in [5, 5.41) is 3.20. The monoisotopic (exact) mass is 222 g/mol. The average Bonchev–Trinajstić information content (AvgIpc) is 3.11. The van der Waals surface area contributed by atoms with E-state index in [0.717, 1.165) is 25.9 Å². The molecule has 2 aliphatic rings. The Balaban J connectivity index is 1.82. The van der Waals surface area contributed by atoms with Gasteiger partial charge < -0.3 is 10.2 Å². The number of hydrogen-bond donors (Lipinski definition) is 1. The Morgan fingerprint density at radius 3 is 2.88 bits per heavy atom. The van der Waals surface area contributed by atoms with E-state index in [4.69, 9.17) is 0 Å². The van der Waals surface area contributed by atoms with Crippen LogP contribution in [0, 0.1) is 5.92 Å². The van der Waals surface area contributed by atoms with E-state index in [1.165, 1.54) is 12.8 Å². The molecule has 1 unspecified atom stereocenters. The number of carbonyl (C=O) groups is 1. The quantitative estimate of drug-likeness (QED) is 0.770. The third kappa shape index (κ3) is 3.00. The first-order valence-electron chi connectivity index (χ1n) is 6.49. The molecule has 1 amide bonds. The second-order valence-electron chi connectivity index (χ2n) is 4.93. The van der Waals surface area contributed by atoms with E-state index < -0.39 is 0 Å². The van der Waals surface area contributed by atoms with E-state index in [-0.39, 0.29) is 0 Å². The molecule has 1 aliphatic heterocycles. The fourth-order valence-corrected chi connectivity index (χ4v) is 2.32. The Kier molecular flexibility index (Phi) is 3.86. The summed E-state index contributed by atoms with van der Waals surface area (Å²) in [7, 11) is 0. The van der Waals surface area contributed by atoms with Gasteiger partial charge in [-0.25, -0.2) is 0 Å². The Morgan fingerprint density at radius 2 is 2.31 bits per heavy atom. The van der Waals surface area contributed by atoms with Gasteiger partial charge in [-0.2, -0.15) is 0 Å². The average molecular weight is 222 g/mol. The zero-order chi connectivity index (χ0) is 11.4. The van der Waals surface area contributed by atoms with E-state index in [2.05, 4.69) is 23.2 Å². The molecule has 0 aromatic rings. The number of hydrogen-bond acceptors (Lipinski definition) is 2. The molecule has 2 rings (SSSR count). The number of nitrogens with zero attached hydrogens (tertiary/aromatic N) is 1. The lowest BCUT2D eigenvalue weighted by Crippen LogP contribution is -2.36. The topological polar surface area (TPSA) is 32.3 Å². The molecule has 3 nitrogen and oxygen atoms in total. The third-order valence-electron chi connectivity index (χ3n) is 3.35. The van der Waals surface area contributed by atoms with Gasteiger partial charge in [0.15, 0.2) is 0 Å². The largest absolute Gasteiger partial charge is 0.391 e. The van der Waals surface area contributed by atoms with Crippen LogP contribution >= 0.6 is 0 Å². The lowest BCUT2D eigenvalue weighted by atomic mass is 9.98. The van der Waals surface area contributed by atoms with E-state index >= 15 is 0 Å². The van der Waals surface area contributed by atoms with Crippen molar-refractivity contribution in [2.75, 3.05) is 13.1 Å². The van der Waals surface area contributed by atoms with E-state index in [0.29, 0.717) is 24.3 Å². The van der Waals surface area contributed by atoms with Gasteiger partial charge in [0.25, 0.3) is 0 Å². The van der Waals surface area contributed by atoms with Gasteiger partial charge in [0.05, 0.1) is 0 Å². The van der Waals surface area contributed by atoms with Crippen LogP contribution in [0.1, 0.15) is 39.0 Å². The molecule has 1 saturated carbocycles. The van der Waals surface area contributed by atoms with Crippen LogP contribution in [0.5, 0.6) is 0 Å². The lowest BCUT2D eigenvalue weighted by molar-refractivity contribution is -0.132. The first kappa shape index (κ1) is 11.5. The summed E-state index contributed by atoms with van der Waals surface area (Å²) in [6.45, 7) is 4.04. The summed E-state index contributed by atoms with van der Waals surface area (Å²) in [5.41, 5.74) is 0. The molecule has 0 aromatic heterocycles. The minimum Gasteiger partial charge on any atom is -0.391 e. The highest BCUT2D eigenvalue weighted by molar-refractivity contribution is 5.77. The van der Waals surface area contributed by atoms with Crippen LogP contribution in [0.4, 0.5) is 0 Å². The molecule has 0 radical (unpaired) electrons. The fraction of sp³-hybridized carbons (Fsp3) is 0.769. The van der Waals surface area contributed by atoms with Gasteiger partial charge in [-0.05, 0) is 37.8 Å². The molecule has 1 fully saturated rings. The van der Waals surface area contributed by atoms with Gasteiger partial charge >= 0.3 is 0 Å². The number of rotatable bonds is 5. The van der Waals surface area contributed by atoms with Crippen molar-refractivity contribution in [1.29, 1.82) is 0 Å². The zero-order valence-corrected chi connectivity index (χ0v) is 10.1. The van der Waals surface area contributed by atoms with Crippen molar-refractivity contribution in [3.8, 4) is 0 Å². The van der Waals surface area contributed by atoms with E-state index in [9.17, 15) is 4.79 Å². The molecule has 1 aliphatic carbocycles. The SMILES string of the molecule is CCCN(C(=O)CC1CC=CNC1)C1CC1. The maximum absolute atomic E-state index is 12.2. The summed E-state index contributed by atoms with van der Waals surface area (Å²) in [5.74, 6) is 0.863.